The molecular weight excluding hydrogens is 268 g/mol. The highest BCUT2D eigenvalue weighted by molar-refractivity contribution is 5.95. The zero-order valence-corrected chi connectivity index (χ0v) is 12.6. The van der Waals surface area contributed by atoms with Crippen molar-refractivity contribution in [3.63, 3.8) is 0 Å². The first kappa shape index (κ1) is 16.6. The van der Waals surface area contributed by atoms with E-state index in [1.54, 1.807) is 14.0 Å². The Bertz CT molecular complexity index is 524. The SMILES string of the molecule is CCCOC(=N/C)/C(C)=C(/NC(N)=O)Nc1ccccc1. The number of urea groups is 1. The molecule has 0 aliphatic carbocycles. The molecule has 0 spiro atoms. The van der Waals surface area contributed by atoms with Crippen LogP contribution in [0, 0.1) is 0 Å². The van der Waals surface area contributed by atoms with E-state index >= 15 is 0 Å². The van der Waals surface area contributed by atoms with Crippen LogP contribution in [0.2, 0.25) is 0 Å². The summed E-state index contributed by atoms with van der Waals surface area (Å²) in [6.45, 7) is 4.37. The number of para-hydroxylation sites is 1. The molecule has 1 aromatic carbocycles. The second-order valence-corrected chi connectivity index (χ2v) is 4.36. The molecule has 21 heavy (non-hydrogen) atoms. The van der Waals surface area contributed by atoms with Gasteiger partial charge in [0, 0.05) is 12.7 Å². The number of rotatable bonds is 6. The normalized spacial score (nSPS) is 12.4. The van der Waals surface area contributed by atoms with E-state index in [-0.39, 0.29) is 0 Å². The van der Waals surface area contributed by atoms with Gasteiger partial charge >= 0.3 is 6.03 Å². The quantitative estimate of drug-likeness (QED) is 0.555. The van der Waals surface area contributed by atoms with Gasteiger partial charge in [0.1, 0.15) is 5.82 Å². The predicted molar refractivity (Wildman–Crippen MR) is 85.1 cm³/mol. The molecule has 1 rings (SSSR count). The molecule has 6 heteroatoms. The predicted octanol–water partition coefficient (Wildman–Crippen LogP) is 2.45. The van der Waals surface area contributed by atoms with Gasteiger partial charge in [0.15, 0.2) is 0 Å². The minimum Gasteiger partial charge on any atom is -0.478 e. The average Bonchev–Trinajstić information content (AvgIpc) is 2.47. The Morgan fingerprint density at radius 1 is 1.33 bits per heavy atom. The summed E-state index contributed by atoms with van der Waals surface area (Å²) in [5.74, 6) is 0.912. The number of hydrogen-bond donors (Lipinski definition) is 3. The maximum absolute atomic E-state index is 11.2. The van der Waals surface area contributed by atoms with Crippen molar-refractivity contribution in [1.82, 2.24) is 5.32 Å². The van der Waals surface area contributed by atoms with Gasteiger partial charge in [-0.3, -0.25) is 10.3 Å². The first-order valence-electron chi connectivity index (χ1n) is 6.77. The lowest BCUT2D eigenvalue weighted by molar-refractivity contribution is 0.251. The molecule has 0 unspecified atom stereocenters. The Kier molecular flexibility index (Phi) is 6.80. The van der Waals surface area contributed by atoms with Crippen LogP contribution >= 0.6 is 0 Å². The number of nitrogens with two attached hydrogens (primary N) is 1. The van der Waals surface area contributed by atoms with Crippen molar-refractivity contribution >= 4 is 17.6 Å². The topological polar surface area (TPSA) is 88.7 Å². The van der Waals surface area contributed by atoms with Gasteiger partial charge in [-0.15, -0.1) is 0 Å². The smallest absolute Gasteiger partial charge is 0.317 e. The number of benzene rings is 1. The molecule has 0 radical (unpaired) electrons. The maximum atomic E-state index is 11.2. The van der Waals surface area contributed by atoms with Gasteiger partial charge in [-0.1, -0.05) is 25.1 Å². The van der Waals surface area contributed by atoms with Crippen LogP contribution in [0.15, 0.2) is 46.7 Å². The molecule has 1 aromatic rings. The van der Waals surface area contributed by atoms with Crippen LogP contribution in [0.1, 0.15) is 20.3 Å². The molecule has 0 atom stereocenters. The largest absolute Gasteiger partial charge is 0.478 e. The number of amides is 2. The minimum absolute atomic E-state index is 0.449. The van der Waals surface area contributed by atoms with Crippen molar-refractivity contribution in [2.75, 3.05) is 19.0 Å². The summed E-state index contributed by atoms with van der Waals surface area (Å²) in [6.07, 6.45) is 0.872. The third-order valence-electron chi connectivity index (χ3n) is 2.63. The van der Waals surface area contributed by atoms with E-state index in [2.05, 4.69) is 15.6 Å². The van der Waals surface area contributed by atoms with Crippen LogP contribution < -0.4 is 16.4 Å². The molecule has 4 N–H and O–H groups in total. The Morgan fingerprint density at radius 3 is 2.52 bits per heavy atom. The third kappa shape index (κ3) is 5.56. The van der Waals surface area contributed by atoms with E-state index in [1.807, 2.05) is 37.3 Å². The number of carbonyl (C=O) groups excluding carboxylic acids is 1. The van der Waals surface area contributed by atoms with Gasteiger partial charge < -0.3 is 15.8 Å². The number of nitrogens with one attached hydrogen (secondary N) is 2. The number of ether oxygens (including phenoxy) is 1. The van der Waals surface area contributed by atoms with Crippen LogP contribution in [0.25, 0.3) is 0 Å². The van der Waals surface area contributed by atoms with E-state index < -0.39 is 6.03 Å². The summed E-state index contributed by atoms with van der Waals surface area (Å²) in [5, 5.41) is 5.67. The van der Waals surface area contributed by atoms with E-state index in [9.17, 15) is 4.79 Å². The van der Waals surface area contributed by atoms with Gasteiger partial charge in [0.05, 0.1) is 12.2 Å². The van der Waals surface area contributed by atoms with E-state index in [0.717, 1.165) is 12.1 Å². The number of anilines is 1. The standard InChI is InChI=1S/C15H22N4O2/c1-4-10-21-14(17-3)11(2)13(19-15(16)20)18-12-8-6-5-7-9-12/h5-9,18H,4,10H2,1-3H3,(H3,16,19,20)/b13-11+,17-14+. The fourth-order valence-corrected chi connectivity index (χ4v) is 1.65. The van der Waals surface area contributed by atoms with E-state index in [1.165, 1.54) is 0 Å². The Labute approximate surface area is 125 Å². The number of aliphatic imine (C=N–C) groups is 1. The molecule has 0 aliphatic rings. The Hall–Kier alpha value is -2.50. The van der Waals surface area contributed by atoms with Gasteiger partial charge in [-0.05, 0) is 25.5 Å². The molecule has 114 valence electrons. The summed E-state index contributed by atoms with van der Waals surface area (Å²) >= 11 is 0. The van der Waals surface area contributed by atoms with Gasteiger partial charge in [0.25, 0.3) is 0 Å². The van der Waals surface area contributed by atoms with Crippen molar-refractivity contribution in [1.29, 1.82) is 0 Å². The summed E-state index contributed by atoms with van der Waals surface area (Å²) < 4.78 is 5.56. The van der Waals surface area contributed by atoms with E-state index in [4.69, 9.17) is 10.5 Å². The van der Waals surface area contributed by atoms with Crippen molar-refractivity contribution in [2.24, 2.45) is 10.7 Å². The lowest BCUT2D eigenvalue weighted by Crippen LogP contribution is -2.34. The van der Waals surface area contributed by atoms with Gasteiger partial charge in [-0.25, -0.2) is 4.79 Å². The molecular formula is C15H22N4O2. The van der Waals surface area contributed by atoms with Gasteiger partial charge in [0.2, 0.25) is 5.90 Å². The minimum atomic E-state index is -0.654. The van der Waals surface area contributed by atoms with Crippen molar-refractivity contribution in [3.8, 4) is 0 Å². The van der Waals surface area contributed by atoms with E-state index in [0.29, 0.717) is 23.9 Å². The Morgan fingerprint density at radius 2 is 2.00 bits per heavy atom. The number of nitrogens with zero attached hydrogens (tertiary/aromatic N) is 1. The van der Waals surface area contributed by atoms with Crippen molar-refractivity contribution in [2.45, 2.75) is 20.3 Å². The van der Waals surface area contributed by atoms with Crippen LogP contribution in [0.4, 0.5) is 10.5 Å². The fourth-order valence-electron chi connectivity index (χ4n) is 1.65. The summed E-state index contributed by atoms with van der Waals surface area (Å²) in [4.78, 5) is 15.3. The first-order chi connectivity index (χ1) is 10.1. The summed E-state index contributed by atoms with van der Waals surface area (Å²) in [6, 6.07) is 8.80. The van der Waals surface area contributed by atoms with Crippen LogP contribution in [0.5, 0.6) is 0 Å². The second kappa shape index (κ2) is 8.63. The summed E-state index contributed by atoms with van der Waals surface area (Å²) in [5.41, 5.74) is 6.72. The highest BCUT2D eigenvalue weighted by Gasteiger charge is 2.12. The monoisotopic (exact) mass is 290 g/mol. The molecule has 0 saturated carbocycles. The third-order valence-corrected chi connectivity index (χ3v) is 2.63. The van der Waals surface area contributed by atoms with Crippen LogP contribution in [-0.4, -0.2) is 25.6 Å². The van der Waals surface area contributed by atoms with Crippen molar-refractivity contribution in [3.05, 3.63) is 41.7 Å². The molecule has 0 heterocycles. The highest BCUT2D eigenvalue weighted by atomic mass is 16.5. The highest BCUT2D eigenvalue weighted by Crippen LogP contribution is 2.12. The zero-order chi connectivity index (χ0) is 15.7. The summed E-state index contributed by atoms with van der Waals surface area (Å²) in [7, 11) is 1.64. The molecule has 6 nitrogen and oxygen atoms in total. The lowest BCUT2D eigenvalue weighted by Gasteiger charge is -2.16. The maximum Gasteiger partial charge on any atom is 0.317 e. The van der Waals surface area contributed by atoms with Gasteiger partial charge in [-0.2, -0.15) is 0 Å². The second-order valence-electron chi connectivity index (χ2n) is 4.36. The molecule has 0 aromatic heterocycles. The fraction of sp³-hybridized carbons (Fsp3) is 0.333. The number of primary amides is 1. The zero-order valence-electron chi connectivity index (χ0n) is 12.6. The number of hydrogen-bond acceptors (Lipinski definition) is 4. The first-order valence-corrected chi connectivity index (χ1v) is 6.77. The molecule has 0 saturated heterocycles. The van der Waals surface area contributed by atoms with Crippen molar-refractivity contribution < 1.29 is 9.53 Å². The number of carbonyl (C=O) groups is 1. The molecule has 0 bridgehead atoms. The Balaban J connectivity index is 3.03. The van der Waals surface area contributed by atoms with Crippen LogP contribution in [0.3, 0.4) is 0 Å². The molecule has 2 amide bonds. The average molecular weight is 290 g/mol. The molecule has 0 aliphatic heterocycles. The molecule has 0 fully saturated rings. The lowest BCUT2D eigenvalue weighted by atomic mass is 10.2. The van der Waals surface area contributed by atoms with Crippen LogP contribution in [-0.2, 0) is 4.74 Å².